The SMILES string of the molecule is COCc1ccc(C(CN)Nc2ccccc2Cl)cc1. The van der Waals surface area contributed by atoms with Gasteiger partial charge in [-0.3, -0.25) is 0 Å². The Hall–Kier alpha value is -1.55. The number of nitrogens with two attached hydrogens (primary N) is 1. The number of methoxy groups -OCH3 is 1. The van der Waals surface area contributed by atoms with Gasteiger partial charge in [0.25, 0.3) is 0 Å². The summed E-state index contributed by atoms with van der Waals surface area (Å²) in [5, 5.41) is 4.07. The number of para-hydroxylation sites is 1. The van der Waals surface area contributed by atoms with Crippen molar-refractivity contribution in [1.82, 2.24) is 0 Å². The average Bonchev–Trinajstić information content (AvgIpc) is 2.48. The molecule has 0 amide bonds. The fraction of sp³-hybridized carbons (Fsp3) is 0.250. The molecule has 106 valence electrons. The molecule has 0 spiro atoms. The van der Waals surface area contributed by atoms with Crippen LogP contribution in [0.4, 0.5) is 5.69 Å². The number of hydrogen-bond donors (Lipinski definition) is 2. The van der Waals surface area contributed by atoms with Crippen LogP contribution in [0.5, 0.6) is 0 Å². The summed E-state index contributed by atoms with van der Waals surface area (Å²) in [4.78, 5) is 0. The van der Waals surface area contributed by atoms with Gasteiger partial charge in [0.2, 0.25) is 0 Å². The van der Waals surface area contributed by atoms with Crippen molar-refractivity contribution in [1.29, 1.82) is 0 Å². The van der Waals surface area contributed by atoms with Crippen LogP contribution < -0.4 is 11.1 Å². The predicted molar refractivity (Wildman–Crippen MR) is 84.0 cm³/mol. The molecular weight excluding hydrogens is 272 g/mol. The standard InChI is InChI=1S/C16H19ClN2O/c1-20-11-12-6-8-13(9-7-12)16(10-18)19-15-5-3-2-4-14(15)17/h2-9,16,19H,10-11,18H2,1H3. The molecule has 3 N–H and O–H groups in total. The number of nitrogens with one attached hydrogen (secondary N) is 1. The van der Waals surface area contributed by atoms with Crippen LogP contribution in [0, 0.1) is 0 Å². The Labute approximate surface area is 124 Å². The number of rotatable bonds is 6. The molecule has 0 fully saturated rings. The maximum Gasteiger partial charge on any atom is 0.0713 e. The lowest BCUT2D eigenvalue weighted by Gasteiger charge is -2.19. The summed E-state index contributed by atoms with van der Waals surface area (Å²) in [6.45, 7) is 1.11. The molecule has 20 heavy (non-hydrogen) atoms. The molecule has 2 aromatic carbocycles. The van der Waals surface area contributed by atoms with Gasteiger partial charge in [0, 0.05) is 13.7 Å². The second kappa shape index (κ2) is 7.29. The minimum atomic E-state index is 0.0338. The number of halogens is 1. The first-order valence-corrected chi connectivity index (χ1v) is 6.91. The molecule has 0 bridgehead atoms. The molecule has 4 heteroatoms. The Kier molecular flexibility index (Phi) is 5.41. The molecule has 0 radical (unpaired) electrons. The number of hydrogen-bond acceptors (Lipinski definition) is 3. The molecule has 3 nitrogen and oxygen atoms in total. The normalized spacial score (nSPS) is 12.2. The highest BCUT2D eigenvalue weighted by atomic mass is 35.5. The van der Waals surface area contributed by atoms with E-state index in [1.165, 1.54) is 0 Å². The minimum Gasteiger partial charge on any atom is -0.380 e. The Morgan fingerprint density at radius 1 is 1.15 bits per heavy atom. The van der Waals surface area contributed by atoms with Crippen LogP contribution in [-0.4, -0.2) is 13.7 Å². The predicted octanol–water partition coefficient (Wildman–Crippen LogP) is 3.60. The van der Waals surface area contributed by atoms with E-state index in [0.29, 0.717) is 18.2 Å². The van der Waals surface area contributed by atoms with Crippen molar-refractivity contribution >= 4 is 17.3 Å². The van der Waals surface area contributed by atoms with E-state index in [4.69, 9.17) is 22.1 Å². The van der Waals surface area contributed by atoms with E-state index in [0.717, 1.165) is 16.8 Å². The van der Waals surface area contributed by atoms with Crippen LogP contribution in [0.1, 0.15) is 17.2 Å². The Balaban J connectivity index is 2.13. The van der Waals surface area contributed by atoms with Gasteiger partial charge in [-0.1, -0.05) is 48.0 Å². The maximum atomic E-state index is 6.16. The molecule has 2 rings (SSSR count). The van der Waals surface area contributed by atoms with Crippen molar-refractivity contribution in [3.05, 3.63) is 64.7 Å². The molecule has 0 aliphatic carbocycles. The molecule has 0 aliphatic heterocycles. The van der Waals surface area contributed by atoms with Gasteiger partial charge in [-0.25, -0.2) is 0 Å². The third-order valence-electron chi connectivity index (χ3n) is 3.13. The van der Waals surface area contributed by atoms with E-state index < -0.39 is 0 Å². The summed E-state index contributed by atoms with van der Waals surface area (Å²) < 4.78 is 5.11. The Morgan fingerprint density at radius 3 is 2.45 bits per heavy atom. The van der Waals surface area contributed by atoms with Crippen molar-refractivity contribution in [3.8, 4) is 0 Å². The zero-order valence-electron chi connectivity index (χ0n) is 11.5. The second-order valence-corrected chi connectivity index (χ2v) is 4.99. The van der Waals surface area contributed by atoms with Gasteiger partial charge in [-0.05, 0) is 23.3 Å². The third kappa shape index (κ3) is 3.73. The maximum absolute atomic E-state index is 6.16. The molecule has 0 saturated heterocycles. The summed E-state index contributed by atoms with van der Waals surface area (Å²) in [6, 6.07) is 15.9. The van der Waals surface area contributed by atoms with Crippen molar-refractivity contribution < 1.29 is 4.74 Å². The zero-order chi connectivity index (χ0) is 14.4. The second-order valence-electron chi connectivity index (χ2n) is 4.59. The number of benzene rings is 2. The highest BCUT2D eigenvalue weighted by molar-refractivity contribution is 6.33. The topological polar surface area (TPSA) is 47.3 Å². The van der Waals surface area contributed by atoms with Crippen LogP contribution in [0.3, 0.4) is 0 Å². The lowest BCUT2D eigenvalue weighted by Crippen LogP contribution is -2.20. The van der Waals surface area contributed by atoms with Crippen LogP contribution >= 0.6 is 11.6 Å². The molecular formula is C16H19ClN2O. The van der Waals surface area contributed by atoms with E-state index in [2.05, 4.69) is 29.6 Å². The Bertz CT molecular complexity index is 542. The van der Waals surface area contributed by atoms with Crippen molar-refractivity contribution in [3.63, 3.8) is 0 Å². The number of anilines is 1. The van der Waals surface area contributed by atoms with Gasteiger partial charge < -0.3 is 15.8 Å². The highest BCUT2D eigenvalue weighted by Crippen LogP contribution is 2.25. The quantitative estimate of drug-likeness (QED) is 0.854. The largest absolute Gasteiger partial charge is 0.380 e. The van der Waals surface area contributed by atoms with E-state index >= 15 is 0 Å². The van der Waals surface area contributed by atoms with Gasteiger partial charge in [0.15, 0.2) is 0 Å². The summed E-state index contributed by atoms with van der Waals surface area (Å²) in [5.41, 5.74) is 9.04. The van der Waals surface area contributed by atoms with E-state index in [-0.39, 0.29) is 6.04 Å². The molecule has 2 aromatic rings. The average molecular weight is 291 g/mol. The zero-order valence-corrected chi connectivity index (χ0v) is 12.2. The minimum absolute atomic E-state index is 0.0338. The molecule has 0 aliphatic rings. The summed E-state index contributed by atoms with van der Waals surface area (Å²) in [5.74, 6) is 0. The first-order chi connectivity index (χ1) is 9.74. The molecule has 0 heterocycles. The monoisotopic (exact) mass is 290 g/mol. The fourth-order valence-corrected chi connectivity index (χ4v) is 2.25. The van der Waals surface area contributed by atoms with Gasteiger partial charge in [0.1, 0.15) is 0 Å². The molecule has 1 atom stereocenters. The highest BCUT2D eigenvalue weighted by Gasteiger charge is 2.10. The van der Waals surface area contributed by atoms with Crippen LogP contribution in [0.2, 0.25) is 5.02 Å². The van der Waals surface area contributed by atoms with Gasteiger partial charge >= 0.3 is 0 Å². The summed E-state index contributed by atoms with van der Waals surface area (Å²) in [6.07, 6.45) is 0. The first kappa shape index (κ1) is 14.9. The van der Waals surface area contributed by atoms with Crippen molar-refractivity contribution in [2.75, 3.05) is 19.0 Å². The van der Waals surface area contributed by atoms with Crippen LogP contribution in [0.25, 0.3) is 0 Å². The van der Waals surface area contributed by atoms with Gasteiger partial charge in [0.05, 0.1) is 23.4 Å². The van der Waals surface area contributed by atoms with Crippen molar-refractivity contribution in [2.45, 2.75) is 12.6 Å². The molecule has 0 aromatic heterocycles. The van der Waals surface area contributed by atoms with Gasteiger partial charge in [-0.2, -0.15) is 0 Å². The smallest absolute Gasteiger partial charge is 0.0713 e. The van der Waals surface area contributed by atoms with E-state index in [1.54, 1.807) is 7.11 Å². The third-order valence-corrected chi connectivity index (χ3v) is 3.46. The summed E-state index contributed by atoms with van der Waals surface area (Å²) >= 11 is 6.16. The van der Waals surface area contributed by atoms with E-state index in [1.807, 2.05) is 24.3 Å². The fourth-order valence-electron chi connectivity index (χ4n) is 2.06. The first-order valence-electron chi connectivity index (χ1n) is 6.53. The van der Waals surface area contributed by atoms with E-state index in [9.17, 15) is 0 Å². The Morgan fingerprint density at radius 2 is 1.85 bits per heavy atom. The summed E-state index contributed by atoms with van der Waals surface area (Å²) in [7, 11) is 1.69. The number of ether oxygens (including phenoxy) is 1. The lowest BCUT2D eigenvalue weighted by molar-refractivity contribution is 0.185. The molecule has 0 saturated carbocycles. The van der Waals surface area contributed by atoms with Crippen molar-refractivity contribution in [2.24, 2.45) is 5.73 Å². The van der Waals surface area contributed by atoms with Crippen LogP contribution in [0.15, 0.2) is 48.5 Å². The molecule has 1 unspecified atom stereocenters. The lowest BCUT2D eigenvalue weighted by atomic mass is 10.0. The van der Waals surface area contributed by atoms with Crippen LogP contribution in [-0.2, 0) is 11.3 Å². The van der Waals surface area contributed by atoms with Gasteiger partial charge in [-0.15, -0.1) is 0 Å².